The maximum Gasteiger partial charge on any atom is 0.466 e. The van der Waals surface area contributed by atoms with Crippen molar-refractivity contribution >= 4 is 7.82 Å². The van der Waals surface area contributed by atoms with Crippen molar-refractivity contribution in [2.45, 2.75) is 0 Å². The van der Waals surface area contributed by atoms with E-state index in [0.717, 1.165) is 0 Å². The van der Waals surface area contributed by atoms with E-state index < -0.39 is 7.82 Å². The third-order valence-corrected chi connectivity index (χ3v) is 0. The van der Waals surface area contributed by atoms with Gasteiger partial charge >= 0.3 is 7.82 Å². The first-order valence-electron chi connectivity index (χ1n) is 0.783. The van der Waals surface area contributed by atoms with Gasteiger partial charge in [-0.25, -0.2) is 4.57 Å². The summed E-state index contributed by atoms with van der Waals surface area (Å²) in [6.07, 6.45) is 0. The Balaban J connectivity index is -0.0000000800. The zero-order chi connectivity index (χ0) is 4.50. The summed E-state index contributed by atoms with van der Waals surface area (Å²) >= 11 is 0. The van der Waals surface area contributed by atoms with Crippen LogP contribution in [0, 0.1) is 0 Å². The molecule has 0 aromatic carbocycles. The van der Waals surface area contributed by atoms with Crippen LogP contribution in [-0.4, -0.2) is 14.7 Å². The van der Waals surface area contributed by atoms with Gasteiger partial charge in [-0.1, -0.05) is 0 Å². The molecular weight excluding hydrogens is 346 g/mol. The molecule has 0 aliphatic carbocycles. The van der Waals surface area contributed by atoms with Crippen molar-refractivity contribution in [3.63, 3.8) is 0 Å². The predicted octanol–water partition coefficient (Wildman–Crippen LogP) is -0.934. The Bertz CT molecular complexity index is 57.8. The normalized spacial score (nSPS) is 8.43. The third kappa shape index (κ3) is 119. The van der Waals surface area contributed by atoms with E-state index in [9.17, 15) is 0 Å². The molecule has 0 saturated carbocycles. The van der Waals surface area contributed by atoms with Crippen molar-refractivity contribution < 1.29 is 57.4 Å². The van der Waals surface area contributed by atoms with Gasteiger partial charge in [0.25, 0.3) is 0 Å². The molecule has 0 fully saturated rings. The van der Waals surface area contributed by atoms with Crippen LogP contribution in [0.25, 0.3) is 0 Å². The molecular formula is H3FeO4PPt. The molecule has 0 saturated heterocycles. The molecule has 0 heterocycles. The Morgan fingerprint density at radius 1 is 1.14 bits per heavy atom. The topological polar surface area (TPSA) is 77.8 Å². The number of rotatable bonds is 0. The molecule has 7 heteroatoms. The predicted molar refractivity (Wildman–Crippen MR) is 14.3 cm³/mol. The molecule has 0 spiro atoms. The van der Waals surface area contributed by atoms with Crippen LogP contribution in [0.2, 0.25) is 0 Å². The van der Waals surface area contributed by atoms with Crippen LogP contribution in [-0.2, 0) is 42.7 Å². The van der Waals surface area contributed by atoms with Gasteiger partial charge in [-0.15, -0.1) is 0 Å². The van der Waals surface area contributed by atoms with Crippen LogP contribution >= 0.6 is 7.82 Å². The summed E-state index contributed by atoms with van der Waals surface area (Å²) < 4.78 is 8.88. The summed E-state index contributed by atoms with van der Waals surface area (Å²) in [5, 5.41) is 0. The second-order valence-corrected chi connectivity index (χ2v) is 1.54. The Morgan fingerprint density at radius 3 is 1.14 bits per heavy atom. The van der Waals surface area contributed by atoms with E-state index in [1.807, 2.05) is 0 Å². The van der Waals surface area contributed by atoms with E-state index >= 15 is 0 Å². The second-order valence-electron chi connectivity index (χ2n) is 0.513. The Kier molecular flexibility index (Phi) is 12.3. The molecule has 0 bridgehead atoms. The molecule has 0 aliphatic heterocycles. The molecule has 3 N–H and O–H groups in total. The Morgan fingerprint density at radius 2 is 1.14 bits per heavy atom. The average molecular weight is 349 g/mol. The fraction of sp³-hybridized carbons (Fsp3) is 0. The first-order chi connectivity index (χ1) is 2.00. The van der Waals surface area contributed by atoms with E-state index in [1.165, 1.54) is 0 Å². The zero-order valence-electron chi connectivity index (χ0n) is 2.87. The van der Waals surface area contributed by atoms with Gasteiger partial charge < -0.3 is 14.7 Å². The van der Waals surface area contributed by atoms with Gasteiger partial charge in [-0.2, -0.15) is 0 Å². The summed E-state index contributed by atoms with van der Waals surface area (Å²) in [7, 11) is -4.64. The van der Waals surface area contributed by atoms with Gasteiger partial charge in [0, 0.05) is 38.1 Å². The maximum absolute atomic E-state index is 8.88. The minimum atomic E-state index is -4.64. The first-order valence-corrected chi connectivity index (χ1v) is 2.35. The van der Waals surface area contributed by atoms with Crippen LogP contribution in [0.5, 0.6) is 0 Å². The standard InChI is InChI=1S/Fe.H3O4P.Pt/c;1-5(2,3)4;/h;(H3,1,2,3,4);. The minimum Gasteiger partial charge on any atom is -0.303 e. The molecule has 7 heavy (non-hydrogen) atoms. The molecule has 0 radical (unpaired) electrons. The average Bonchev–Trinajstić information content (AvgIpc) is 0.722. The van der Waals surface area contributed by atoms with E-state index in [-0.39, 0.29) is 38.1 Å². The first kappa shape index (κ1) is 15.8. The van der Waals surface area contributed by atoms with Crippen molar-refractivity contribution in [1.82, 2.24) is 0 Å². The minimum absolute atomic E-state index is 0. The number of phosphoric acid groups is 1. The van der Waals surface area contributed by atoms with E-state index in [0.29, 0.717) is 0 Å². The Labute approximate surface area is 65.3 Å². The quantitative estimate of drug-likeness (QED) is 0.390. The van der Waals surface area contributed by atoms with Gasteiger partial charge in [0.2, 0.25) is 0 Å². The Hall–Kier alpha value is 1.32. The summed E-state index contributed by atoms with van der Waals surface area (Å²) in [6.45, 7) is 0. The molecule has 0 amide bonds. The van der Waals surface area contributed by atoms with Gasteiger partial charge in [0.1, 0.15) is 0 Å². The molecule has 0 aromatic heterocycles. The molecule has 50 valence electrons. The van der Waals surface area contributed by atoms with Crippen molar-refractivity contribution in [1.29, 1.82) is 0 Å². The van der Waals surface area contributed by atoms with Crippen LogP contribution in [0.4, 0.5) is 0 Å². The van der Waals surface area contributed by atoms with Crippen LogP contribution in [0.3, 0.4) is 0 Å². The van der Waals surface area contributed by atoms with Crippen molar-refractivity contribution in [3.05, 3.63) is 0 Å². The fourth-order valence-electron chi connectivity index (χ4n) is 0. The van der Waals surface area contributed by atoms with Crippen LogP contribution < -0.4 is 0 Å². The van der Waals surface area contributed by atoms with E-state index in [1.54, 1.807) is 0 Å². The SMILES string of the molecule is O=P(O)(O)O.[Fe].[Pt]. The third-order valence-electron chi connectivity index (χ3n) is 0. The van der Waals surface area contributed by atoms with Gasteiger partial charge in [0.05, 0.1) is 0 Å². The molecule has 0 unspecified atom stereocenters. The zero-order valence-corrected chi connectivity index (χ0v) is 7.14. The summed E-state index contributed by atoms with van der Waals surface area (Å²) in [5.41, 5.74) is 0. The van der Waals surface area contributed by atoms with Gasteiger partial charge in [-0.05, 0) is 0 Å². The summed E-state index contributed by atoms with van der Waals surface area (Å²) in [6, 6.07) is 0. The molecule has 0 aliphatic rings. The summed E-state index contributed by atoms with van der Waals surface area (Å²) in [5.74, 6) is 0. The largest absolute Gasteiger partial charge is 0.466 e. The monoisotopic (exact) mass is 349 g/mol. The van der Waals surface area contributed by atoms with Crippen LogP contribution in [0.15, 0.2) is 0 Å². The fourth-order valence-corrected chi connectivity index (χ4v) is 0. The second kappa shape index (κ2) is 5.45. The van der Waals surface area contributed by atoms with Crippen LogP contribution in [0.1, 0.15) is 0 Å². The molecule has 0 atom stereocenters. The van der Waals surface area contributed by atoms with Gasteiger partial charge in [0.15, 0.2) is 0 Å². The molecule has 4 nitrogen and oxygen atoms in total. The van der Waals surface area contributed by atoms with E-state index in [2.05, 4.69) is 0 Å². The van der Waals surface area contributed by atoms with Crippen molar-refractivity contribution in [3.8, 4) is 0 Å². The number of hydrogen-bond donors (Lipinski definition) is 3. The molecule has 0 aromatic rings. The smallest absolute Gasteiger partial charge is 0.303 e. The van der Waals surface area contributed by atoms with E-state index in [4.69, 9.17) is 19.2 Å². The van der Waals surface area contributed by atoms with Gasteiger partial charge in [-0.3, -0.25) is 0 Å². The van der Waals surface area contributed by atoms with Crippen molar-refractivity contribution in [2.24, 2.45) is 0 Å². The summed E-state index contributed by atoms with van der Waals surface area (Å²) in [4.78, 5) is 21.6. The van der Waals surface area contributed by atoms with Crippen molar-refractivity contribution in [2.75, 3.05) is 0 Å². The number of hydrogen-bond acceptors (Lipinski definition) is 1. The molecule has 0 rings (SSSR count). The maximum atomic E-state index is 8.88.